The van der Waals surface area contributed by atoms with Gasteiger partial charge in [-0.05, 0) is 18.4 Å². The van der Waals surface area contributed by atoms with E-state index in [4.69, 9.17) is 6.57 Å². The molecule has 0 amide bonds. The van der Waals surface area contributed by atoms with Crippen LogP contribution >= 0.6 is 0 Å². The van der Waals surface area contributed by atoms with Gasteiger partial charge in [-0.25, -0.2) is 4.85 Å². The lowest BCUT2D eigenvalue weighted by molar-refractivity contribution is 1.01. The molecule has 2 heterocycles. The second-order valence-electron chi connectivity index (χ2n) is 3.61. The SMILES string of the molecule is [C-]#[N+]c1cccc2c1ccn1c(C)nnc21. The average Bonchev–Trinajstić information content (AvgIpc) is 2.70. The predicted molar refractivity (Wildman–Crippen MR) is 61.5 cm³/mol. The number of aryl methyl sites for hydroxylation is 1. The zero-order valence-corrected chi connectivity index (χ0v) is 8.68. The van der Waals surface area contributed by atoms with Crippen LogP contribution in [0.4, 0.5) is 5.69 Å². The van der Waals surface area contributed by atoms with Crippen molar-refractivity contribution in [2.75, 3.05) is 0 Å². The molecule has 2 aromatic heterocycles. The molecule has 4 nitrogen and oxygen atoms in total. The summed E-state index contributed by atoms with van der Waals surface area (Å²) in [5, 5.41) is 10.1. The minimum Gasteiger partial charge on any atom is -0.286 e. The Labute approximate surface area is 92.0 Å². The molecule has 0 aliphatic carbocycles. The summed E-state index contributed by atoms with van der Waals surface area (Å²) in [6.07, 6.45) is 1.90. The zero-order chi connectivity index (χ0) is 11.1. The maximum absolute atomic E-state index is 7.12. The van der Waals surface area contributed by atoms with Gasteiger partial charge in [0.1, 0.15) is 5.82 Å². The molecule has 0 saturated heterocycles. The van der Waals surface area contributed by atoms with Gasteiger partial charge in [-0.3, -0.25) is 4.40 Å². The minimum atomic E-state index is 0.653. The summed E-state index contributed by atoms with van der Waals surface area (Å²) >= 11 is 0. The van der Waals surface area contributed by atoms with Crippen LogP contribution < -0.4 is 0 Å². The molecular weight excluding hydrogens is 200 g/mol. The Kier molecular flexibility index (Phi) is 1.68. The van der Waals surface area contributed by atoms with Gasteiger partial charge in [0.2, 0.25) is 0 Å². The van der Waals surface area contributed by atoms with Crippen LogP contribution in [0.3, 0.4) is 0 Å². The molecule has 0 spiro atoms. The van der Waals surface area contributed by atoms with Crippen molar-refractivity contribution in [2.24, 2.45) is 0 Å². The lowest BCUT2D eigenvalue weighted by Gasteiger charge is -2.01. The van der Waals surface area contributed by atoms with Gasteiger partial charge >= 0.3 is 0 Å². The fraction of sp³-hybridized carbons (Fsp3) is 0.0833. The van der Waals surface area contributed by atoms with Crippen molar-refractivity contribution in [1.82, 2.24) is 14.6 Å². The Bertz CT molecular complexity index is 734. The van der Waals surface area contributed by atoms with E-state index < -0.39 is 0 Å². The predicted octanol–water partition coefficient (Wildman–Crippen LogP) is 2.74. The summed E-state index contributed by atoms with van der Waals surface area (Å²) < 4.78 is 1.93. The summed E-state index contributed by atoms with van der Waals surface area (Å²) in [6, 6.07) is 7.59. The molecule has 1 aromatic carbocycles. The molecule has 0 bridgehead atoms. The monoisotopic (exact) mass is 208 g/mol. The number of hydrogen-bond acceptors (Lipinski definition) is 2. The fourth-order valence-electron chi connectivity index (χ4n) is 1.90. The zero-order valence-electron chi connectivity index (χ0n) is 8.68. The highest BCUT2D eigenvalue weighted by Gasteiger charge is 2.07. The van der Waals surface area contributed by atoms with Gasteiger partial charge in [0.15, 0.2) is 11.3 Å². The summed E-state index contributed by atoms with van der Waals surface area (Å²) in [5.74, 6) is 0.852. The average molecular weight is 208 g/mol. The van der Waals surface area contributed by atoms with Gasteiger partial charge < -0.3 is 0 Å². The number of nitrogens with zero attached hydrogens (tertiary/aromatic N) is 4. The van der Waals surface area contributed by atoms with E-state index in [0.717, 1.165) is 22.2 Å². The number of aromatic nitrogens is 3. The first-order valence-corrected chi connectivity index (χ1v) is 4.92. The van der Waals surface area contributed by atoms with Crippen molar-refractivity contribution in [2.45, 2.75) is 6.92 Å². The quantitative estimate of drug-likeness (QED) is 0.532. The molecule has 0 unspecified atom stereocenters. The molecule has 76 valence electrons. The van der Waals surface area contributed by atoms with Gasteiger partial charge in [-0.15, -0.1) is 10.2 Å². The van der Waals surface area contributed by atoms with E-state index in [-0.39, 0.29) is 0 Å². The third-order valence-corrected chi connectivity index (χ3v) is 2.70. The Balaban J connectivity index is 2.58. The van der Waals surface area contributed by atoms with E-state index in [2.05, 4.69) is 15.0 Å². The van der Waals surface area contributed by atoms with Crippen LogP contribution in [0.15, 0.2) is 30.5 Å². The van der Waals surface area contributed by atoms with E-state index in [1.807, 2.05) is 41.8 Å². The minimum absolute atomic E-state index is 0.653. The maximum atomic E-state index is 7.12. The van der Waals surface area contributed by atoms with Crippen molar-refractivity contribution in [3.05, 3.63) is 47.7 Å². The number of benzene rings is 1. The van der Waals surface area contributed by atoms with Crippen molar-refractivity contribution in [1.29, 1.82) is 0 Å². The number of hydrogen-bond donors (Lipinski definition) is 0. The normalized spacial score (nSPS) is 10.8. The van der Waals surface area contributed by atoms with Crippen molar-refractivity contribution in [3.63, 3.8) is 0 Å². The first-order chi connectivity index (χ1) is 7.81. The molecule has 0 saturated carbocycles. The first-order valence-electron chi connectivity index (χ1n) is 4.92. The van der Waals surface area contributed by atoms with Crippen molar-refractivity contribution >= 4 is 22.1 Å². The topological polar surface area (TPSA) is 34.5 Å². The Morgan fingerprint density at radius 2 is 2.06 bits per heavy atom. The van der Waals surface area contributed by atoms with Crippen LogP contribution in [0.5, 0.6) is 0 Å². The Morgan fingerprint density at radius 1 is 1.19 bits per heavy atom. The van der Waals surface area contributed by atoms with Crippen LogP contribution in [0.25, 0.3) is 21.3 Å². The molecule has 0 aliphatic rings. The van der Waals surface area contributed by atoms with Crippen LogP contribution in [0, 0.1) is 13.5 Å². The molecule has 16 heavy (non-hydrogen) atoms. The molecule has 0 fully saturated rings. The van der Waals surface area contributed by atoms with Gasteiger partial charge in [-0.2, -0.15) is 0 Å². The highest BCUT2D eigenvalue weighted by atomic mass is 15.2. The Hall–Kier alpha value is -2.41. The summed E-state index contributed by atoms with van der Waals surface area (Å²) in [4.78, 5) is 3.50. The smallest absolute Gasteiger partial charge is 0.195 e. The van der Waals surface area contributed by atoms with E-state index in [9.17, 15) is 0 Å². The van der Waals surface area contributed by atoms with E-state index >= 15 is 0 Å². The third-order valence-electron chi connectivity index (χ3n) is 2.70. The van der Waals surface area contributed by atoms with Crippen LogP contribution in [0.2, 0.25) is 0 Å². The highest BCUT2D eigenvalue weighted by molar-refractivity contribution is 6.01. The lowest BCUT2D eigenvalue weighted by atomic mass is 10.1. The molecule has 0 aliphatic heterocycles. The van der Waals surface area contributed by atoms with Crippen molar-refractivity contribution < 1.29 is 0 Å². The molecule has 4 heteroatoms. The molecule has 0 atom stereocenters. The highest BCUT2D eigenvalue weighted by Crippen LogP contribution is 2.28. The van der Waals surface area contributed by atoms with Crippen LogP contribution in [0.1, 0.15) is 5.82 Å². The summed E-state index contributed by atoms with van der Waals surface area (Å²) in [7, 11) is 0. The first kappa shape index (κ1) is 8.86. The summed E-state index contributed by atoms with van der Waals surface area (Å²) in [5.41, 5.74) is 1.46. The van der Waals surface area contributed by atoms with E-state index in [1.165, 1.54) is 0 Å². The largest absolute Gasteiger partial charge is 0.286 e. The number of pyridine rings is 1. The number of fused-ring (bicyclic) bond motifs is 3. The second kappa shape index (κ2) is 3.04. The van der Waals surface area contributed by atoms with Crippen LogP contribution in [-0.4, -0.2) is 14.6 Å². The van der Waals surface area contributed by atoms with E-state index in [1.54, 1.807) is 0 Å². The molecule has 0 radical (unpaired) electrons. The van der Waals surface area contributed by atoms with Gasteiger partial charge in [0.05, 0.1) is 6.57 Å². The third kappa shape index (κ3) is 1.03. The van der Waals surface area contributed by atoms with Gasteiger partial charge in [0.25, 0.3) is 0 Å². The molecule has 3 rings (SSSR count). The van der Waals surface area contributed by atoms with E-state index in [0.29, 0.717) is 5.69 Å². The maximum Gasteiger partial charge on any atom is 0.195 e. The fourth-order valence-corrected chi connectivity index (χ4v) is 1.90. The second-order valence-corrected chi connectivity index (χ2v) is 3.61. The summed E-state index contributed by atoms with van der Waals surface area (Å²) in [6.45, 7) is 9.03. The van der Waals surface area contributed by atoms with Gasteiger partial charge in [-0.1, -0.05) is 18.2 Å². The van der Waals surface area contributed by atoms with Gasteiger partial charge in [0, 0.05) is 11.6 Å². The standard InChI is InChI=1S/C12H8N4/c1-8-14-15-12-10-4-3-5-11(13-2)9(10)6-7-16(8)12/h3-7H,1H3. The number of rotatable bonds is 0. The molecular formula is C12H8N4. The van der Waals surface area contributed by atoms with Crippen LogP contribution in [-0.2, 0) is 0 Å². The Morgan fingerprint density at radius 3 is 2.88 bits per heavy atom. The van der Waals surface area contributed by atoms with Crippen molar-refractivity contribution in [3.8, 4) is 0 Å². The molecule has 0 N–H and O–H groups in total. The lowest BCUT2D eigenvalue weighted by Crippen LogP contribution is -1.88. The molecule has 3 aromatic rings.